The molecule has 6 rings (SSSR count). The van der Waals surface area contributed by atoms with Gasteiger partial charge in [0.15, 0.2) is 0 Å². The summed E-state index contributed by atoms with van der Waals surface area (Å²) >= 11 is 6.34. The van der Waals surface area contributed by atoms with E-state index in [0.717, 1.165) is 35.5 Å². The second kappa shape index (κ2) is 9.04. The van der Waals surface area contributed by atoms with Crippen molar-refractivity contribution in [2.75, 3.05) is 0 Å². The van der Waals surface area contributed by atoms with Crippen LogP contribution in [0.5, 0.6) is 0 Å². The lowest BCUT2D eigenvalue weighted by molar-refractivity contribution is 0.632. The van der Waals surface area contributed by atoms with Crippen LogP contribution in [0.1, 0.15) is 0 Å². The number of hydrogen-bond donors (Lipinski definition) is 0. The number of thiophene rings is 4. The molecule has 0 unspecified atom stereocenters. The zero-order valence-corrected chi connectivity index (χ0v) is 20.9. The van der Waals surface area contributed by atoms with E-state index in [-0.39, 0.29) is 11.6 Å². The van der Waals surface area contributed by atoms with Crippen LogP contribution in [0.25, 0.3) is 51.5 Å². The van der Waals surface area contributed by atoms with Crippen molar-refractivity contribution >= 4 is 45.3 Å². The van der Waals surface area contributed by atoms with Crippen LogP contribution in [0.15, 0.2) is 95.7 Å². The fraction of sp³-hybridized carbons (Fsp3) is 0. The smallest absolute Gasteiger partial charge is 0.132 e. The van der Waals surface area contributed by atoms with Gasteiger partial charge >= 0.3 is 0 Å². The van der Waals surface area contributed by atoms with Crippen molar-refractivity contribution in [3.8, 4) is 51.5 Å². The molecule has 0 saturated heterocycles. The van der Waals surface area contributed by atoms with E-state index in [4.69, 9.17) is 0 Å². The Kier molecular flexibility index (Phi) is 5.75. The number of benzene rings is 2. The molecular weight excluding hydrogens is 503 g/mol. The van der Waals surface area contributed by atoms with Gasteiger partial charge in [-0.25, -0.2) is 8.78 Å². The van der Waals surface area contributed by atoms with Crippen LogP contribution in [0.2, 0.25) is 0 Å². The molecule has 6 aromatic rings. The maximum absolute atomic E-state index is 15.1. The topological polar surface area (TPSA) is 0 Å². The quantitative estimate of drug-likeness (QED) is 0.213. The summed E-state index contributed by atoms with van der Waals surface area (Å²) in [6, 6.07) is 26.6. The van der Waals surface area contributed by atoms with E-state index < -0.39 is 0 Å². The van der Waals surface area contributed by atoms with Crippen molar-refractivity contribution in [3.63, 3.8) is 0 Å². The summed E-state index contributed by atoms with van der Waals surface area (Å²) in [4.78, 5) is 6.02. The van der Waals surface area contributed by atoms with Crippen LogP contribution in [-0.2, 0) is 0 Å². The average Bonchev–Trinajstić information content (AvgIpc) is 3.65. The molecule has 4 heterocycles. The van der Waals surface area contributed by atoms with E-state index in [0.29, 0.717) is 11.1 Å². The molecule has 0 fully saturated rings. The maximum Gasteiger partial charge on any atom is 0.132 e. The Bertz CT molecular complexity index is 1570. The third-order valence-electron chi connectivity index (χ3n) is 5.54. The fourth-order valence-electron chi connectivity index (χ4n) is 3.85. The normalized spacial score (nSPS) is 11.2. The Morgan fingerprint density at radius 1 is 0.441 bits per heavy atom. The van der Waals surface area contributed by atoms with Crippen LogP contribution < -0.4 is 0 Å². The molecule has 0 aliphatic heterocycles. The van der Waals surface area contributed by atoms with Gasteiger partial charge in [-0.15, -0.1) is 45.3 Å². The van der Waals surface area contributed by atoms with Gasteiger partial charge in [0.25, 0.3) is 0 Å². The summed E-state index contributed by atoms with van der Waals surface area (Å²) in [6.45, 7) is 0. The Balaban J connectivity index is 1.27. The van der Waals surface area contributed by atoms with E-state index in [1.54, 1.807) is 46.1 Å². The highest BCUT2D eigenvalue weighted by Gasteiger charge is 2.14. The highest BCUT2D eigenvalue weighted by Crippen LogP contribution is 2.40. The molecule has 0 nitrogen and oxygen atoms in total. The largest absolute Gasteiger partial charge is 0.206 e. The number of halogens is 2. The van der Waals surface area contributed by atoms with Crippen LogP contribution in [0.4, 0.5) is 8.78 Å². The van der Waals surface area contributed by atoms with Gasteiger partial charge in [-0.1, -0.05) is 24.3 Å². The van der Waals surface area contributed by atoms with Crippen LogP contribution in [-0.4, -0.2) is 0 Å². The molecule has 4 aromatic heterocycles. The van der Waals surface area contributed by atoms with Crippen molar-refractivity contribution in [2.45, 2.75) is 0 Å². The van der Waals surface area contributed by atoms with E-state index in [1.807, 2.05) is 77.5 Å². The summed E-state index contributed by atoms with van der Waals surface area (Å²) in [7, 11) is 0. The lowest BCUT2D eigenvalue weighted by Gasteiger charge is -2.05. The third-order valence-corrected chi connectivity index (χ3v) is 9.81. The first-order valence-electron chi connectivity index (χ1n) is 10.5. The number of rotatable bonds is 5. The molecular formula is C28H16F2S4. The molecule has 2 aromatic carbocycles. The minimum absolute atomic E-state index is 0.250. The molecule has 0 saturated carbocycles. The zero-order valence-electron chi connectivity index (χ0n) is 17.6. The number of hydrogen-bond acceptors (Lipinski definition) is 4. The van der Waals surface area contributed by atoms with Crippen molar-refractivity contribution in [2.24, 2.45) is 0 Å². The predicted molar refractivity (Wildman–Crippen MR) is 145 cm³/mol. The lowest BCUT2D eigenvalue weighted by atomic mass is 10.1. The first-order valence-corrected chi connectivity index (χ1v) is 13.9. The molecule has 0 radical (unpaired) electrons. The molecule has 166 valence electrons. The van der Waals surface area contributed by atoms with Crippen LogP contribution in [0, 0.1) is 11.6 Å². The summed E-state index contributed by atoms with van der Waals surface area (Å²) in [6.07, 6.45) is 0. The predicted octanol–water partition coefficient (Wildman–Crippen LogP) is 10.5. The second-order valence-corrected chi connectivity index (χ2v) is 11.7. The Labute approximate surface area is 212 Å². The van der Waals surface area contributed by atoms with Gasteiger partial charge in [0.1, 0.15) is 11.6 Å². The van der Waals surface area contributed by atoms with E-state index in [2.05, 4.69) is 6.07 Å². The van der Waals surface area contributed by atoms with Crippen LogP contribution in [0.3, 0.4) is 0 Å². The van der Waals surface area contributed by atoms with Gasteiger partial charge in [0.2, 0.25) is 0 Å². The average molecular weight is 519 g/mol. The second-order valence-electron chi connectivity index (χ2n) is 7.67. The van der Waals surface area contributed by atoms with Crippen LogP contribution >= 0.6 is 45.3 Å². The monoisotopic (exact) mass is 518 g/mol. The highest BCUT2D eigenvalue weighted by molar-refractivity contribution is 7.23. The molecule has 0 aliphatic carbocycles. The van der Waals surface area contributed by atoms with Crippen molar-refractivity contribution in [1.29, 1.82) is 0 Å². The molecule has 6 heteroatoms. The highest BCUT2D eigenvalue weighted by atomic mass is 32.1. The molecule has 0 amide bonds. The minimum atomic E-state index is -0.251. The molecule has 0 N–H and O–H groups in total. The zero-order chi connectivity index (χ0) is 23.1. The lowest BCUT2D eigenvalue weighted by Crippen LogP contribution is -1.83. The Morgan fingerprint density at radius 2 is 0.941 bits per heavy atom. The minimum Gasteiger partial charge on any atom is -0.206 e. The molecule has 0 aliphatic rings. The van der Waals surface area contributed by atoms with Gasteiger partial charge in [0, 0.05) is 40.4 Å². The molecule has 34 heavy (non-hydrogen) atoms. The standard InChI is InChI=1S/C28H16F2S4/c29-21-15-17(23-3-1-13-31-23)5-7-19(21)25-10-9-24(33-25)18-6-8-20(22(30)16-18)26-11-12-28(34-26)27-4-2-14-32-27/h1-16H. The summed E-state index contributed by atoms with van der Waals surface area (Å²) in [5.41, 5.74) is 2.83. The summed E-state index contributed by atoms with van der Waals surface area (Å²) in [5, 5.41) is 4.03. The molecule has 0 bridgehead atoms. The summed E-state index contributed by atoms with van der Waals surface area (Å²) < 4.78 is 30.0. The van der Waals surface area contributed by atoms with E-state index in [9.17, 15) is 4.39 Å². The van der Waals surface area contributed by atoms with E-state index in [1.165, 1.54) is 16.2 Å². The Morgan fingerprint density at radius 3 is 1.50 bits per heavy atom. The molecule has 0 spiro atoms. The maximum atomic E-state index is 15.1. The third kappa shape index (κ3) is 4.07. The van der Waals surface area contributed by atoms with Crippen molar-refractivity contribution in [1.82, 2.24) is 0 Å². The van der Waals surface area contributed by atoms with Gasteiger partial charge in [-0.05, 0) is 82.6 Å². The fourth-order valence-corrected chi connectivity index (χ4v) is 7.47. The van der Waals surface area contributed by atoms with E-state index >= 15 is 4.39 Å². The molecule has 0 atom stereocenters. The summed E-state index contributed by atoms with van der Waals surface area (Å²) in [5.74, 6) is -0.501. The van der Waals surface area contributed by atoms with Gasteiger partial charge in [0.05, 0.1) is 0 Å². The van der Waals surface area contributed by atoms with Crippen molar-refractivity contribution in [3.05, 3.63) is 107 Å². The Hall–Kier alpha value is -2.90. The van der Waals surface area contributed by atoms with Crippen molar-refractivity contribution < 1.29 is 8.78 Å². The van der Waals surface area contributed by atoms with Gasteiger partial charge in [-0.3, -0.25) is 0 Å². The van der Waals surface area contributed by atoms with Gasteiger partial charge < -0.3 is 0 Å². The van der Waals surface area contributed by atoms with Gasteiger partial charge in [-0.2, -0.15) is 0 Å². The first kappa shape index (κ1) is 21.6. The first-order chi connectivity index (χ1) is 16.7. The SMILES string of the molecule is Fc1cc(-c2cccs2)ccc1-c1ccc(-c2ccc(-c3ccc(-c4cccs4)s3)c(F)c2)s1.